The van der Waals surface area contributed by atoms with Gasteiger partial charge in [0, 0.05) is 43.9 Å². The maximum absolute atomic E-state index is 14.3. The first kappa shape index (κ1) is 32.0. The number of carbonyl (C=O) groups excluding carboxylic acids is 4. The van der Waals surface area contributed by atoms with Crippen LogP contribution in [0.4, 0.5) is 10.6 Å². The number of phenolic OH excluding ortho intramolecular Hbond substituents is 1. The Morgan fingerprint density at radius 1 is 0.979 bits per heavy atom. The van der Waals surface area contributed by atoms with Crippen molar-refractivity contribution in [3.8, 4) is 5.75 Å². The number of rotatable bonds is 10. The molecule has 3 aromatic carbocycles. The smallest absolute Gasteiger partial charge is 0.334 e. The molecule has 6 rings (SSSR count). The largest absolute Gasteiger partial charge is 0.508 e. The molecule has 0 aliphatic carbocycles. The van der Waals surface area contributed by atoms with Crippen molar-refractivity contribution in [2.75, 3.05) is 25.0 Å². The van der Waals surface area contributed by atoms with Crippen molar-refractivity contribution in [2.24, 2.45) is 0 Å². The summed E-state index contributed by atoms with van der Waals surface area (Å²) in [6.07, 6.45) is 2.57. The van der Waals surface area contributed by atoms with Gasteiger partial charge in [-0.25, -0.2) is 14.8 Å². The Bertz CT molecular complexity index is 1780. The zero-order chi connectivity index (χ0) is 33.6. The molecule has 2 aliphatic heterocycles. The quantitative estimate of drug-likeness (QED) is 0.193. The minimum atomic E-state index is -0.928. The van der Waals surface area contributed by atoms with E-state index in [4.69, 9.17) is 0 Å². The number of urea groups is 1. The number of piperazine rings is 1. The number of aromatic hydroxyl groups is 1. The van der Waals surface area contributed by atoms with Crippen molar-refractivity contribution in [1.29, 1.82) is 0 Å². The minimum Gasteiger partial charge on any atom is -0.508 e. The van der Waals surface area contributed by atoms with Crippen LogP contribution in [0.15, 0.2) is 104 Å². The number of fused-ring (bicyclic) bond motifs is 1. The molecule has 2 aliphatic rings. The molecule has 4 N–H and O–H groups in total. The molecule has 13 heteroatoms. The Hall–Kier alpha value is -5.95. The van der Waals surface area contributed by atoms with Crippen LogP contribution < -0.4 is 10.6 Å². The SMILES string of the molecule is C=CCN1CC(=O)N2[C@@H](Cc3ccc(O)cc3)C(=O)N(Cc3cccc(C(=O)Nc4cc[nH]n4)c3)C[C@@H]2N1C(=O)NCc1ccccc1. The molecule has 2 saturated heterocycles. The summed E-state index contributed by atoms with van der Waals surface area (Å²) in [4.78, 5) is 58.1. The fraction of sp³-hybridized carbons (Fsp3) is 0.229. The summed E-state index contributed by atoms with van der Waals surface area (Å²) >= 11 is 0. The summed E-state index contributed by atoms with van der Waals surface area (Å²) in [5, 5.41) is 25.3. The highest BCUT2D eigenvalue weighted by molar-refractivity contribution is 6.03. The van der Waals surface area contributed by atoms with Crippen molar-refractivity contribution in [3.63, 3.8) is 0 Å². The lowest BCUT2D eigenvalue weighted by atomic mass is 9.98. The molecule has 3 heterocycles. The van der Waals surface area contributed by atoms with Gasteiger partial charge in [0.15, 0.2) is 5.82 Å². The number of H-pyrrole nitrogens is 1. The summed E-state index contributed by atoms with van der Waals surface area (Å²) in [7, 11) is 0. The Kier molecular flexibility index (Phi) is 9.48. The monoisotopic (exact) mass is 648 g/mol. The van der Waals surface area contributed by atoms with Crippen LogP contribution in [0.3, 0.4) is 0 Å². The van der Waals surface area contributed by atoms with Crippen molar-refractivity contribution in [1.82, 2.24) is 35.3 Å². The third-order valence-electron chi connectivity index (χ3n) is 8.33. The van der Waals surface area contributed by atoms with Crippen LogP contribution in [0.1, 0.15) is 27.0 Å². The number of phenols is 1. The van der Waals surface area contributed by atoms with Crippen LogP contribution in [-0.2, 0) is 29.1 Å². The van der Waals surface area contributed by atoms with Gasteiger partial charge in [-0.05, 0) is 41.0 Å². The number of hydrogen-bond donors (Lipinski definition) is 4. The van der Waals surface area contributed by atoms with Crippen molar-refractivity contribution in [3.05, 3.63) is 126 Å². The summed E-state index contributed by atoms with van der Waals surface area (Å²) in [5.74, 6) is -0.474. The molecule has 0 saturated carbocycles. The highest BCUT2D eigenvalue weighted by atomic mass is 16.3. The number of hydrazine groups is 1. The normalized spacial score (nSPS) is 18.0. The Morgan fingerprint density at radius 3 is 2.48 bits per heavy atom. The maximum Gasteiger partial charge on any atom is 0.334 e. The molecule has 4 aromatic rings. The lowest BCUT2D eigenvalue weighted by Gasteiger charge is -2.55. The summed E-state index contributed by atoms with van der Waals surface area (Å²) in [6, 6.07) is 23.2. The van der Waals surface area contributed by atoms with E-state index in [0.717, 1.165) is 11.1 Å². The predicted molar refractivity (Wildman–Crippen MR) is 177 cm³/mol. The average Bonchev–Trinajstić information content (AvgIpc) is 3.60. The predicted octanol–water partition coefficient (Wildman–Crippen LogP) is 3.10. The van der Waals surface area contributed by atoms with Gasteiger partial charge in [0.25, 0.3) is 5.91 Å². The second kappa shape index (κ2) is 14.2. The van der Waals surface area contributed by atoms with Crippen LogP contribution >= 0.6 is 0 Å². The average molecular weight is 649 g/mol. The zero-order valence-electron chi connectivity index (χ0n) is 26.2. The standard InChI is InChI=1S/C35H36N8O5/c1-2-17-41-23-32(45)42-29(19-24-11-13-28(44)14-12-24)34(47)40(22-31(42)43(41)35(48)36-20-25-7-4-3-5-8-25)21-26-9-6-10-27(18-26)33(46)38-30-15-16-37-39-30/h2-16,18,29,31,44H,1,17,19-23H2,(H,36,48)(H2,37,38,39,46)/t29-,31-/m0/s1. The van der Waals surface area contributed by atoms with Gasteiger partial charge in [-0.3, -0.25) is 19.5 Å². The lowest BCUT2D eigenvalue weighted by molar-refractivity contribution is -0.189. The van der Waals surface area contributed by atoms with E-state index in [1.807, 2.05) is 36.4 Å². The van der Waals surface area contributed by atoms with Gasteiger partial charge in [-0.1, -0.05) is 60.7 Å². The van der Waals surface area contributed by atoms with Crippen LogP contribution in [-0.4, -0.2) is 90.7 Å². The Balaban J connectivity index is 1.31. The van der Waals surface area contributed by atoms with Crippen molar-refractivity contribution >= 4 is 29.6 Å². The van der Waals surface area contributed by atoms with E-state index in [0.29, 0.717) is 16.9 Å². The van der Waals surface area contributed by atoms with Crippen molar-refractivity contribution < 1.29 is 24.3 Å². The van der Waals surface area contributed by atoms with Gasteiger partial charge in [-0.15, -0.1) is 6.58 Å². The van der Waals surface area contributed by atoms with Gasteiger partial charge in [0.2, 0.25) is 11.8 Å². The van der Waals surface area contributed by atoms with Gasteiger partial charge >= 0.3 is 6.03 Å². The number of anilines is 1. The second-order valence-corrected chi connectivity index (χ2v) is 11.6. The number of nitrogens with one attached hydrogen (secondary N) is 3. The zero-order valence-corrected chi connectivity index (χ0v) is 26.2. The molecule has 5 amide bonds. The first-order valence-electron chi connectivity index (χ1n) is 15.6. The number of aromatic amines is 1. The summed E-state index contributed by atoms with van der Waals surface area (Å²) in [5.41, 5.74) is 2.73. The lowest BCUT2D eigenvalue weighted by Crippen LogP contribution is -2.76. The fourth-order valence-electron chi connectivity index (χ4n) is 6.10. The fourth-order valence-corrected chi connectivity index (χ4v) is 6.10. The Labute approximate surface area is 277 Å². The van der Waals surface area contributed by atoms with Gasteiger partial charge < -0.3 is 25.5 Å². The molecule has 0 bridgehead atoms. The third kappa shape index (κ3) is 7.05. The van der Waals surface area contributed by atoms with E-state index in [9.17, 15) is 24.3 Å². The minimum absolute atomic E-state index is 0.0345. The Morgan fingerprint density at radius 2 is 1.75 bits per heavy atom. The van der Waals surface area contributed by atoms with Crippen molar-refractivity contribution in [2.45, 2.75) is 31.7 Å². The number of amides is 5. The van der Waals surface area contributed by atoms with E-state index in [1.165, 1.54) is 22.0 Å². The molecular weight excluding hydrogens is 612 g/mol. The molecule has 1 aromatic heterocycles. The molecule has 13 nitrogen and oxygen atoms in total. The van der Waals surface area contributed by atoms with Crippen LogP contribution in [0.25, 0.3) is 0 Å². The molecule has 2 fully saturated rings. The number of hydrogen-bond acceptors (Lipinski definition) is 7. The van der Waals surface area contributed by atoms with Gasteiger partial charge in [0.05, 0.1) is 13.1 Å². The number of nitrogens with zero attached hydrogens (tertiary/aromatic N) is 5. The van der Waals surface area contributed by atoms with E-state index >= 15 is 0 Å². The highest BCUT2D eigenvalue weighted by Gasteiger charge is 2.51. The molecule has 48 heavy (non-hydrogen) atoms. The first-order valence-corrected chi connectivity index (χ1v) is 15.6. The first-order chi connectivity index (χ1) is 23.3. The van der Waals surface area contributed by atoms with Gasteiger partial charge in [-0.2, -0.15) is 5.10 Å². The highest BCUT2D eigenvalue weighted by Crippen LogP contribution is 2.30. The molecule has 246 valence electrons. The second-order valence-electron chi connectivity index (χ2n) is 11.6. The van der Waals surface area contributed by atoms with Gasteiger partial charge in [0.1, 0.15) is 18.0 Å². The summed E-state index contributed by atoms with van der Waals surface area (Å²) < 4.78 is 0. The number of benzene rings is 3. The van der Waals surface area contributed by atoms with E-state index in [-0.39, 0.29) is 62.6 Å². The van der Waals surface area contributed by atoms with Crippen LogP contribution in [0.5, 0.6) is 5.75 Å². The maximum atomic E-state index is 14.3. The van der Waals surface area contributed by atoms with Crippen LogP contribution in [0, 0.1) is 0 Å². The molecular formula is C35H36N8O5. The molecule has 2 atom stereocenters. The topological polar surface area (TPSA) is 154 Å². The van der Waals surface area contributed by atoms with E-state index < -0.39 is 18.2 Å². The number of carbonyl (C=O) groups is 4. The summed E-state index contributed by atoms with van der Waals surface area (Å²) in [6.45, 7) is 4.38. The molecule has 0 spiro atoms. The van der Waals surface area contributed by atoms with Crippen LogP contribution in [0.2, 0.25) is 0 Å². The van der Waals surface area contributed by atoms with E-state index in [1.54, 1.807) is 58.6 Å². The molecule has 0 unspecified atom stereocenters. The number of aromatic nitrogens is 2. The van der Waals surface area contributed by atoms with E-state index in [2.05, 4.69) is 27.4 Å². The third-order valence-corrected chi connectivity index (χ3v) is 8.33. The molecule has 0 radical (unpaired) electrons.